The number of likely N-dealkylation sites (tertiary alicyclic amines) is 1. The Morgan fingerprint density at radius 3 is 2.09 bits per heavy atom. The Kier molecular flexibility index (Phi) is 7.10. The number of hydrogen-bond acceptors (Lipinski definition) is 2. The standard InChI is InChI=1S/C31H36N2O/c1-24-12-8-9-17-28(24)31(34)33(26-15-6-3-7-16-26)27-20-22-32(23-21-27)30-19-11-10-18-29(30)25-13-4-2-5-14-25/h2-9,12-17,27,29-30H,10-11,18-23H2,1H3. The van der Waals surface area contributed by atoms with Crippen LogP contribution >= 0.6 is 0 Å². The molecule has 1 aliphatic heterocycles. The predicted molar refractivity (Wildman–Crippen MR) is 140 cm³/mol. The zero-order valence-corrected chi connectivity index (χ0v) is 20.3. The summed E-state index contributed by atoms with van der Waals surface area (Å²) in [6.45, 7) is 4.15. The quantitative estimate of drug-likeness (QED) is 0.423. The smallest absolute Gasteiger partial charge is 0.258 e. The fourth-order valence-corrected chi connectivity index (χ4v) is 6.14. The molecule has 3 nitrogen and oxygen atoms in total. The first-order valence-corrected chi connectivity index (χ1v) is 13.0. The van der Waals surface area contributed by atoms with Gasteiger partial charge in [-0.05, 0) is 67.9 Å². The van der Waals surface area contributed by atoms with Crippen molar-refractivity contribution in [1.29, 1.82) is 0 Å². The molecule has 0 bridgehead atoms. The van der Waals surface area contributed by atoms with Gasteiger partial charge in [0.15, 0.2) is 0 Å². The summed E-state index contributed by atoms with van der Waals surface area (Å²) in [6, 6.07) is 30.2. The summed E-state index contributed by atoms with van der Waals surface area (Å²) in [5.41, 5.74) is 4.35. The number of nitrogens with zero attached hydrogens (tertiary/aromatic N) is 2. The van der Waals surface area contributed by atoms with Crippen molar-refractivity contribution in [1.82, 2.24) is 4.90 Å². The van der Waals surface area contributed by atoms with Crippen molar-refractivity contribution in [3.8, 4) is 0 Å². The van der Waals surface area contributed by atoms with Crippen LogP contribution in [0.25, 0.3) is 0 Å². The molecule has 3 aromatic rings. The second-order valence-electron chi connectivity index (χ2n) is 9.96. The van der Waals surface area contributed by atoms with Crippen molar-refractivity contribution in [2.24, 2.45) is 0 Å². The number of carbonyl (C=O) groups excluding carboxylic acids is 1. The van der Waals surface area contributed by atoms with Crippen LogP contribution in [0.1, 0.15) is 65.9 Å². The number of rotatable bonds is 5. The lowest BCUT2D eigenvalue weighted by atomic mass is 9.78. The zero-order chi connectivity index (χ0) is 23.3. The maximum Gasteiger partial charge on any atom is 0.258 e. The van der Waals surface area contributed by atoms with Crippen LogP contribution in [0.3, 0.4) is 0 Å². The minimum Gasteiger partial charge on any atom is -0.305 e. The highest BCUT2D eigenvalue weighted by atomic mass is 16.2. The van der Waals surface area contributed by atoms with Gasteiger partial charge in [0.2, 0.25) is 0 Å². The summed E-state index contributed by atoms with van der Waals surface area (Å²) in [6.07, 6.45) is 7.27. The number of carbonyl (C=O) groups is 1. The summed E-state index contributed by atoms with van der Waals surface area (Å²) in [7, 11) is 0. The third kappa shape index (κ3) is 4.81. The summed E-state index contributed by atoms with van der Waals surface area (Å²) >= 11 is 0. The van der Waals surface area contributed by atoms with Crippen molar-refractivity contribution in [3.63, 3.8) is 0 Å². The Morgan fingerprint density at radius 1 is 0.765 bits per heavy atom. The molecular formula is C31H36N2O. The van der Waals surface area contributed by atoms with Crippen molar-refractivity contribution < 1.29 is 4.79 Å². The average Bonchev–Trinajstić information content (AvgIpc) is 2.91. The molecule has 0 radical (unpaired) electrons. The number of piperidine rings is 1. The number of hydrogen-bond donors (Lipinski definition) is 0. The van der Waals surface area contributed by atoms with Crippen LogP contribution in [0, 0.1) is 6.92 Å². The summed E-state index contributed by atoms with van der Waals surface area (Å²) < 4.78 is 0. The van der Waals surface area contributed by atoms with Gasteiger partial charge in [0.25, 0.3) is 5.91 Å². The fraction of sp³-hybridized carbons (Fsp3) is 0.387. The van der Waals surface area contributed by atoms with E-state index in [0.717, 1.165) is 42.7 Å². The topological polar surface area (TPSA) is 23.6 Å². The Hall–Kier alpha value is -2.91. The van der Waals surface area contributed by atoms with Crippen LogP contribution in [0.15, 0.2) is 84.9 Å². The molecule has 0 N–H and O–H groups in total. The van der Waals surface area contributed by atoms with Gasteiger partial charge in [0.05, 0.1) is 0 Å². The number of para-hydroxylation sites is 1. The molecule has 34 heavy (non-hydrogen) atoms. The van der Waals surface area contributed by atoms with Gasteiger partial charge in [-0.15, -0.1) is 0 Å². The third-order valence-electron chi connectivity index (χ3n) is 7.92. The van der Waals surface area contributed by atoms with Crippen LogP contribution in [0.4, 0.5) is 5.69 Å². The van der Waals surface area contributed by atoms with Gasteiger partial charge in [-0.2, -0.15) is 0 Å². The van der Waals surface area contributed by atoms with E-state index in [1.54, 1.807) is 0 Å². The van der Waals surface area contributed by atoms with Gasteiger partial charge in [-0.1, -0.05) is 79.6 Å². The molecule has 3 aromatic carbocycles. The van der Waals surface area contributed by atoms with Gasteiger partial charge in [-0.25, -0.2) is 0 Å². The van der Waals surface area contributed by atoms with Crippen LogP contribution < -0.4 is 4.90 Å². The van der Waals surface area contributed by atoms with Crippen LogP contribution in [0.2, 0.25) is 0 Å². The molecule has 0 aromatic heterocycles. The summed E-state index contributed by atoms with van der Waals surface area (Å²) in [5.74, 6) is 0.757. The number of aryl methyl sites for hydroxylation is 1. The molecule has 1 heterocycles. The van der Waals surface area contributed by atoms with Gasteiger partial charge in [0.1, 0.15) is 0 Å². The number of anilines is 1. The normalized spacial score (nSPS) is 21.8. The molecule has 5 rings (SSSR count). The van der Waals surface area contributed by atoms with Gasteiger partial charge in [-0.3, -0.25) is 9.69 Å². The van der Waals surface area contributed by atoms with Crippen molar-refractivity contribution in [2.75, 3.05) is 18.0 Å². The van der Waals surface area contributed by atoms with Crippen LogP contribution in [-0.2, 0) is 0 Å². The molecule has 2 aliphatic rings. The molecule has 2 fully saturated rings. The van der Waals surface area contributed by atoms with E-state index in [-0.39, 0.29) is 11.9 Å². The minimum atomic E-state index is 0.127. The zero-order valence-electron chi connectivity index (χ0n) is 20.3. The van der Waals surface area contributed by atoms with Gasteiger partial charge >= 0.3 is 0 Å². The van der Waals surface area contributed by atoms with Crippen molar-refractivity contribution in [2.45, 2.75) is 63.5 Å². The molecule has 3 heteroatoms. The Morgan fingerprint density at radius 2 is 1.38 bits per heavy atom. The van der Waals surface area contributed by atoms with E-state index in [1.807, 2.05) is 49.4 Å². The number of amides is 1. The Bertz CT molecular complexity index is 1070. The van der Waals surface area contributed by atoms with Crippen molar-refractivity contribution >= 4 is 11.6 Å². The third-order valence-corrected chi connectivity index (χ3v) is 7.92. The van der Waals surface area contributed by atoms with Crippen LogP contribution in [0.5, 0.6) is 0 Å². The molecule has 2 atom stereocenters. The van der Waals surface area contributed by atoms with Crippen LogP contribution in [-0.4, -0.2) is 36.0 Å². The van der Waals surface area contributed by atoms with E-state index in [2.05, 4.69) is 52.3 Å². The van der Waals surface area contributed by atoms with Gasteiger partial charge < -0.3 is 4.90 Å². The highest BCUT2D eigenvalue weighted by Gasteiger charge is 2.36. The monoisotopic (exact) mass is 452 g/mol. The van der Waals surface area contributed by atoms with Crippen molar-refractivity contribution in [3.05, 3.63) is 102 Å². The minimum absolute atomic E-state index is 0.127. The first kappa shape index (κ1) is 22.9. The highest BCUT2D eigenvalue weighted by molar-refractivity contribution is 6.07. The molecule has 1 amide bonds. The molecular weight excluding hydrogens is 416 g/mol. The molecule has 2 unspecified atom stereocenters. The van der Waals surface area contributed by atoms with E-state index in [1.165, 1.54) is 31.2 Å². The fourth-order valence-electron chi connectivity index (χ4n) is 6.14. The van der Waals surface area contributed by atoms with Gasteiger partial charge in [0, 0.05) is 36.4 Å². The largest absolute Gasteiger partial charge is 0.305 e. The lowest BCUT2D eigenvalue weighted by molar-refractivity contribution is 0.0894. The van der Waals surface area contributed by atoms with E-state index < -0.39 is 0 Å². The first-order valence-electron chi connectivity index (χ1n) is 13.0. The Labute approximate surface area is 204 Å². The lowest BCUT2D eigenvalue weighted by Gasteiger charge is -2.45. The average molecular weight is 453 g/mol. The maximum absolute atomic E-state index is 13.8. The maximum atomic E-state index is 13.8. The highest BCUT2D eigenvalue weighted by Crippen LogP contribution is 2.38. The van der Waals surface area contributed by atoms with E-state index in [0.29, 0.717) is 12.0 Å². The summed E-state index contributed by atoms with van der Waals surface area (Å²) in [4.78, 5) is 18.6. The molecule has 0 spiro atoms. The number of benzene rings is 3. The predicted octanol–water partition coefficient (Wildman–Crippen LogP) is 6.83. The van der Waals surface area contributed by atoms with E-state index >= 15 is 0 Å². The molecule has 1 aliphatic carbocycles. The first-order chi connectivity index (χ1) is 16.7. The second kappa shape index (κ2) is 10.6. The Balaban J connectivity index is 1.35. The lowest BCUT2D eigenvalue weighted by Crippen LogP contribution is -2.51. The molecule has 1 saturated carbocycles. The van der Waals surface area contributed by atoms with E-state index in [9.17, 15) is 4.79 Å². The van der Waals surface area contributed by atoms with E-state index in [4.69, 9.17) is 0 Å². The molecule has 176 valence electrons. The SMILES string of the molecule is Cc1ccccc1C(=O)N(c1ccccc1)C1CCN(C2CCCCC2c2ccccc2)CC1. The summed E-state index contributed by atoms with van der Waals surface area (Å²) in [5, 5.41) is 0. The second-order valence-corrected chi connectivity index (χ2v) is 9.96. The molecule has 1 saturated heterocycles.